The van der Waals surface area contributed by atoms with E-state index >= 15 is 0 Å². The van der Waals surface area contributed by atoms with Gasteiger partial charge in [0.05, 0.1) is 0 Å². The van der Waals surface area contributed by atoms with Gasteiger partial charge in [0, 0.05) is 0 Å². The maximum Gasteiger partial charge on any atom is 1.00 e. The highest BCUT2D eigenvalue weighted by Gasteiger charge is 2.41. The summed E-state index contributed by atoms with van der Waals surface area (Å²) in [6.07, 6.45) is 10.1. The Labute approximate surface area is 127 Å². The molecule has 0 aromatic heterocycles. The van der Waals surface area contributed by atoms with Crippen molar-refractivity contribution in [2.75, 3.05) is 0 Å². The summed E-state index contributed by atoms with van der Waals surface area (Å²) in [4.78, 5) is 0. The predicted molar refractivity (Wildman–Crippen MR) is 82.7 cm³/mol. The first-order valence-corrected chi connectivity index (χ1v) is 7.22. The van der Waals surface area contributed by atoms with E-state index in [2.05, 4.69) is 13.0 Å². The molecule has 4 atom stereocenters. The number of ether oxygens (including phenoxy) is 2. The van der Waals surface area contributed by atoms with E-state index < -0.39 is 18.0 Å². The van der Waals surface area contributed by atoms with Crippen LogP contribution in [0.25, 0.3) is 0 Å². The number of allylic oxidation sites excluding steroid dienone is 4. The van der Waals surface area contributed by atoms with Crippen LogP contribution in [-0.4, -0.2) is 40.4 Å². The van der Waals surface area contributed by atoms with Crippen molar-refractivity contribution in [2.45, 2.75) is 57.9 Å². The Kier molecular flexibility index (Phi) is 4.84. The maximum atomic E-state index is 9.08. The number of hydrogen-bond acceptors (Lipinski definition) is 4. The molecule has 3 rings (SSSR count). The van der Waals surface area contributed by atoms with Crippen molar-refractivity contribution in [2.24, 2.45) is 0 Å². The van der Waals surface area contributed by atoms with Crippen molar-refractivity contribution >= 4 is 0 Å². The smallest absolute Gasteiger partial charge is 0.386 e. The molecule has 2 aliphatic carbocycles. The second kappa shape index (κ2) is 6.28. The molecular weight excluding hydrogens is 268 g/mol. The lowest BCUT2D eigenvalue weighted by Gasteiger charge is -2.17. The minimum Gasteiger partial charge on any atom is -0.386 e. The highest BCUT2D eigenvalue weighted by molar-refractivity contribution is 5.26. The molecule has 4 nitrogen and oxygen atoms in total. The number of rotatable bonds is 0. The lowest BCUT2D eigenvalue weighted by molar-refractivity contribution is -0.139. The molecule has 0 amide bonds. The molecule has 4 heteroatoms. The Bertz CT molecular complexity index is 505. The molecule has 3 aliphatic rings. The average molecular weight is 293 g/mol. The van der Waals surface area contributed by atoms with Crippen LogP contribution in [0.5, 0.6) is 0 Å². The minimum atomic E-state index is -0.713. The van der Waals surface area contributed by atoms with E-state index in [4.69, 9.17) is 19.7 Å². The van der Waals surface area contributed by atoms with Crippen molar-refractivity contribution < 1.29 is 21.1 Å². The van der Waals surface area contributed by atoms with Gasteiger partial charge in [0.15, 0.2) is 5.79 Å². The SMILES string of the molecule is CC1=CC=C[C@@H]2OC(C)(C)O[C@H]12.CC1=CC=C[C@H](O)[C@@H]1O.[H+]. The summed E-state index contributed by atoms with van der Waals surface area (Å²) >= 11 is 0. The van der Waals surface area contributed by atoms with Crippen LogP contribution >= 0.6 is 0 Å². The number of aliphatic hydroxyl groups excluding tert-OH is 2. The molecule has 0 spiro atoms. The second-order valence-corrected chi connectivity index (χ2v) is 6.05. The molecule has 0 bridgehead atoms. The van der Waals surface area contributed by atoms with Gasteiger partial charge in [-0.1, -0.05) is 36.5 Å². The molecule has 0 aromatic rings. The summed E-state index contributed by atoms with van der Waals surface area (Å²) in [5.41, 5.74) is 2.05. The summed E-state index contributed by atoms with van der Waals surface area (Å²) < 4.78 is 11.4. The van der Waals surface area contributed by atoms with Crippen molar-refractivity contribution in [3.63, 3.8) is 0 Å². The first-order chi connectivity index (χ1) is 9.80. The Morgan fingerprint density at radius 2 is 1.62 bits per heavy atom. The maximum absolute atomic E-state index is 9.08. The van der Waals surface area contributed by atoms with Crippen LogP contribution in [-0.2, 0) is 9.47 Å². The number of aliphatic hydroxyl groups is 2. The molecule has 0 saturated carbocycles. The van der Waals surface area contributed by atoms with Gasteiger partial charge in [-0.15, -0.1) is 0 Å². The first kappa shape index (κ1) is 16.2. The standard InChI is InChI=1S/C10H14O2.C7H10O2/c1-7-5-4-6-8-9(7)12-10(2,3)11-8;1-5-3-2-4-6(8)7(5)9/h4-6,8-9H,1-3H3;2-4,6-9H,1H3/p+1/t8-,9+;6-,7+/m00/s1. The molecule has 0 unspecified atom stereocenters. The molecule has 116 valence electrons. The Balaban J connectivity index is 0.000000219. The fourth-order valence-electron chi connectivity index (χ4n) is 2.49. The van der Waals surface area contributed by atoms with Crippen LogP contribution < -0.4 is 0 Å². The molecule has 0 aromatic carbocycles. The fourth-order valence-corrected chi connectivity index (χ4v) is 2.49. The summed E-state index contributed by atoms with van der Waals surface area (Å²) in [5, 5.41) is 18.0. The topological polar surface area (TPSA) is 58.9 Å². The van der Waals surface area contributed by atoms with Gasteiger partial charge >= 0.3 is 1.43 Å². The Hall–Kier alpha value is -1.20. The van der Waals surface area contributed by atoms with Gasteiger partial charge in [-0.2, -0.15) is 0 Å². The summed E-state index contributed by atoms with van der Waals surface area (Å²) in [6.45, 7) is 7.77. The van der Waals surface area contributed by atoms with Crippen LogP contribution in [0, 0.1) is 0 Å². The van der Waals surface area contributed by atoms with Gasteiger partial charge in [-0.3, -0.25) is 0 Å². The van der Waals surface area contributed by atoms with Crippen molar-refractivity contribution in [3.05, 3.63) is 47.6 Å². The van der Waals surface area contributed by atoms with E-state index in [1.54, 1.807) is 25.2 Å². The van der Waals surface area contributed by atoms with Crippen LogP contribution in [0.2, 0.25) is 0 Å². The van der Waals surface area contributed by atoms with Crippen LogP contribution in [0.15, 0.2) is 47.6 Å². The molecular formula is C17H25O4+. The fraction of sp³-hybridized carbons (Fsp3) is 0.529. The van der Waals surface area contributed by atoms with E-state index in [-0.39, 0.29) is 13.6 Å². The molecule has 2 N–H and O–H groups in total. The largest absolute Gasteiger partial charge is 1.00 e. The molecule has 21 heavy (non-hydrogen) atoms. The Morgan fingerprint density at radius 3 is 2.19 bits per heavy atom. The lowest BCUT2D eigenvalue weighted by Crippen LogP contribution is -2.26. The lowest BCUT2D eigenvalue weighted by atomic mass is 10.0. The van der Waals surface area contributed by atoms with Crippen LogP contribution in [0.3, 0.4) is 0 Å². The van der Waals surface area contributed by atoms with E-state index in [0.29, 0.717) is 0 Å². The highest BCUT2D eigenvalue weighted by atomic mass is 16.7. The third-order valence-corrected chi connectivity index (χ3v) is 3.70. The van der Waals surface area contributed by atoms with E-state index in [1.165, 1.54) is 5.57 Å². The molecule has 1 heterocycles. The van der Waals surface area contributed by atoms with E-state index in [1.807, 2.05) is 26.0 Å². The molecule has 1 aliphatic heterocycles. The zero-order valence-electron chi connectivity index (χ0n) is 14.0. The number of hydrogen-bond donors (Lipinski definition) is 2. The highest BCUT2D eigenvalue weighted by Crippen LogP contribution is 2.34. The molecule has 1 saturated heterocycles. The normalized spacial score (nSPS) is 36.3. The summed E-state index contributed by atoms with van der Waals surface area (Å²) in [6, 6.07) is 0. The number of fused-ring (bicyclic) bond motifs is 1. The minimum absolute atomic E-state index is 0. The first-order valence-electron chi connectivity index (χ1n) is 7.22. The third-order valence-electron chi connectivity index (χ3n) is 3.70. The van der Waals surface area contributed by atoms with E-state index in [9.17, 15) is 0 Å². The van der Waals surface area contributed by atoms with Gasteiger partial charge < -0.3 is 19.7 Å². The predicted octanol–water partition coefficient (Wildman–Crippen LogP) is 2.36. The average Bonchev–Trinajstić information content (AvgIpc) is 2.72. The zero-order chi connectivity index (χ0) is 15.6. The Morgan fingerprint density at radius 1 is 1.00 bits per heavy atom. The van der Waals surface area contributed by atoms with E-state index in [0.717, 1.165) is 5.57 Å². The van der Waals surface area contributed by atoms with Crippen molar-refractivity contribution in [1.82, 2.24) is 0 Å². The summed E-state index contributed by atoms with van der Waals surface area (Å²) in [5.74, 6) is -0.431. The van der Waals surface area contributed by atoms with Gasteiger partial charge in [-0.25, -0.2) is 0 Å². The molecule has 1 fully saturated rings. The third kappa shape index (κ3) is 3.92. The monoisotopic (exact) mass is 293 g/mol. The van der Waals surface area contributed by atoms with Gasteiger partial charge in [0.2, 0.25) is 0 Å². The second-order valence-electron chi connectivity index (χ2n) is 6.05. The van der Waals surface area contributed by atoms with Gasteiger partial charge in [-0.05, 0) is 38.8 Å². The quantitative estimate of drug-likeness (QED) is 0.720. The van der Waals surface area contributed by atoms with Gasteiger partial charge in [0.1, 0.15) is 24.4 Å². The van der Waals surface area contributed by atoms with Crippen molar-refractivity contribution in [1.29, 1.82) is 0 Å². The summed E-state index contributed by atoms with van der Waals surface area (Å²) in [7, 11) is 0. The van der Waals surface area contributed by atoms with Crippen molar-refractivity contribution in [3.8, 4) is 0 Å². The molecule has 0 radical (unpaired) electrons. The zero-order valence-corrected chi connectivity index (χ0v) is 13.0. The van der Waals surface area contributed by atoms with Crippen LogP contribution in [0.4, 0.5) is 0 Å². The van der Waals surface area contributed by atoms with Crippen LogP contribution in [0.1, 0.15) is 29.1 Å². The van der Waals surface area contributed by atoms with Gasteiger partial charge in [0.25, 0.3) is 0 Å².